The first-order valence-electron chi connectivity index (χ1n) is 6.68. The van der Waals surface area contributed by atoms with Crippen LogP contribution in [0.2, 0.25) is 0 Å². The lowest BCUT2D eigenvalue weighted by Gasteiger charge is -2.40. The van der Waals surface area contributed by atoms with Crippen LogP contribution in [0.4, 0.5) is 0 Å². The normalized spacial score (nSPS) is 30.0. The summed E-state index contributed by atoms with van der Waals surface area (Å²) in [6.45, 7) is 7.46. The molecule has 0 aliphatic carbocycles. The van der Waals surface area contributed by atoms with Crippen LogP contribution >= 0.6 is 0 Å². The second-order valence-electron chi connectivity index (χ2n) is 5.97. The lowest BCUT2D eigenvalue weighted by molar-refractivity contribution is -0.150. The van der Waals surface area contributed by atoms with Crippen LogP contribution in [-0.4, -0.2) is 59.5 Å². The SMILES string of the molecule is CC1CC(C)CN(C(=O)CN2CC(C(=O)O)C2)C1. The molecule has 0 aromatic heterocycles. The van der Waals surface area contributed by atoms with Gasteiger partial charge in [-0.1, -0.05) is 13.8 Å². The molecule has 2 atom stereocenters. The molecule has 2 aliphatic rings. The quantitative estimate of drug-likeness (QED) is 0.797. The van der Waals surface area contributed by atoms with E-state index in [0.717, 1.165) is 13.1 Å². The Bertz CT molecular complexity index is 329. The minimum absolute atomic E-state index is 0.150. The Morgan fingerprint density at radius 3 is 2.17 bits per heavy atom. The van der Waals surface area contributed by atoms with Crippen LogP contribution in [-0.2, 0) is 9.59 Å². The number of carboxylic acids is 1. The molecule has 0 bridgehead atoms. The van der Waals surface area contributed by atoms with Crippen LogP contribution in [0, 0.1) is 17.8 Å². The zero-order valence-corrected chi connectivity index (χ0v) is 11.1. The molecular formula is C13H22N2O3. The summed E-state index contributed by atoms with van der Waals surface area (Å²) >= 11 is 0. The molecule has 0 aromatic rings. The van der Waals surface area contributed by atoms with Crippen molar-refractivity contribution in [2.45, 2.75) is 20.3 Å². The number of piperidine rings is 1. The minimum Gasteiger partial charge on any atom is -0.481 e. The fourth-order valence-electron chi connectivity index (χ4n) is 3.01. The number of hydrogen-bond acceptors (Lipinski definition) is 3. The summed E-state index contributed by atoms with van der Waals surface area (Å²) in [6.07, 6.45) is 1.19. The van der Waals surface area contributed by atoms with Crippen LogP contribution < -0.4 is 0 Å². The van der Waals surface area contributed by atoms with Crippen molar-refractivity contribution >= 4 is 11.9 Å². The summed E-state index contributed by atoms with van der Waals surface area (Å²) in [5.74, 6) is 0.259. The summed E-state index contributed by atoms with van der Waals surface area (Å²) in [5, 5.41) is 8.78. The molecular weight excluding hydrogens is 232 g/mol. The molecule has 2 unspecified atom stereocenters. The largest absolute Gasteiger partial charge is 0.481 e. The smallest absolute Gasteiger partial charge is 0.309 e. The number of nitrogens with zero attached hydrogens (tertiary/aromatic N) is 2. The molecule has 0 aromatic carbocycles. The van der Waals surface area contributed by atoms with Crippen molar-refractivity contribution in [3.63, 3.8) is 0 Å². The van der Waals surface area contributed by atoms with Gasteiger partial charge in [0.25, 0.3) is 0 Å². The maximum Gasteiger partial charge on any atom is 0.309 e. The van der Waals surface area contributed by atoms with Crippen LogP contribution in [0.5, 0.6) is 0 Å². The highest BCUT2D eigenvalue weighted by Crippen LogP contribution is 2.22. The van der Waals surface area contributed by atoms with E-state index in [1.807, 2.05) is 9.80 Å². The van der Waals surface area contributed by atoms with Gasteiger partial charge in [-0.25, -0.2) is 0 Å². The molecule has 102 valence electrons. The Labute approximate surface area is 108 Å². The highest BCUT2D eigenvalue weighted by Gasteiger charge is 2.35. The Kier molecular flexibility index (Phi) is 3.90. The number of rotatable bonds is 3. The highest BCUT2D eigenvalue weighted by atomic mass is 16.4. The molecule has 1 amide bonds. The van der Waals surface area contributed by atoms with E-state index < -0.39 is 5.97 Å². The third-order valence-corrected chi connectivity index (χ3v) is 3.89. The molecule has 2 fully saturated rings. The maximum atomic E-state index is 12.1. The predicted octanol–water partition coefficient (Wildman–Crippen LogP) is 0.507. The summed E-state index contributed by atoms with van der Waals surface area (Å²) in [4.78, 5) is 26.6. The molecule has 5 nitrogen and oxygen atoms in total. The monoisotopic (exact) mass is 254 g/mol. The standard InChI is InChI=1S/C13H22N2O3/c1-9-3-10(2)5-15(4-9)12(16)8-14-6-11(7-14)13(17)18/h9-11H,3-8H2,1-2H3,(H,17,18). The summed E-state index contributed by atoms with van der Waals surface area (Å²) in [5.41, 5.74) is 0. The molecule has 0 radical (unpaired) electrons. The number of amides is 1. The fourth-order valence-corrected chi connectivity index (χ4v) is 3.01. The van der Waals surface area contributed by atoms with E-state index in [0.29, 0.717) is 31.5 Å². The van der Waals surface area contributed by atoms with Gasteiger partial charge in [0.2, 0.25) is 5.91 Å². The zero-order chi connectivity index (χ0) is 13.3. The van der Waals surface area contributed by atoms with Crippen molar-refractivity contribution < 1.29 is 14.7 Å². The van der Waals surface area contributed by atoms with Crippen LogP contribution in [0.1, 0.15) is 20.3 Å². The van der Waals surface area contributed by atoms with Crippen LogP contribution in [0.15, 0.2) is 0 Å². The number of likely N-dealkylation sites (tertiary alicyclic amines) is 2. The predicted molar refractivity (Wildman–Crippen MR) is 67.1 cm³/mol. The van der Waals surface area contributed by atoms with Crippen LogP contribution in [0.3, 0.4) is 0 Å². The Balaban J connectivity index is 1.77. The van der Waals surface area contributed by atoms with Crippen molar-refractivity contribution in [3.8, 4) is 0 Å². The fraction of sp³-hybridized carbons (Fsp3) is 0.846. The van der Waals surface area contributed by atoms with E-state index >= 15 is 0 Å². The van der Waals surface area contributed by atoms with Crippen molar-refractivity contribution in [2.75, 3.05) is 32.7 Å². The van der Waals surface area contributed by atoms with Gasteiger partial charge in [0.1, 0.15) is 0 Å². The Hall–Kier alpha value is -1.10. The van der Waals surface area contributed by atoms with Gasteiger partial charge in [-0.05, 0) is 18.3 Å². The van der Waals surface area contributed by atoms with Gasteiger partial charge in [-0.15, -0.1) is 0 Å². The van der Waals surface area contributed by atoms with E-state index in [1.165, 1.54) is 6.42 Å². The molecule has 5 heteroatoms. The molecule has 2 saturated heterocycles. The molecule has 0 spiro atoms. The van der Waals surface area contributed by atoms with Crippen LogP contribution in [0.25, 0.3) is 0 Å². The first-order valence-corrected chi connectivity index (χ1v) is 6.68. The second-order valence-corrected chi connectivity index (χ2v) is 5.97. The lowest BCUT2D eigenvalue weighted by atomic mass is 9.92. The summed E-state index contributed by atoms with van der Waals surface area (Å²) < 4.78 is 0. The van der Waals surface area contributed by atoms with E-state index in [1.54, 1.807) is 0 Å². The average molecular weight is 254 g/mol. The second kappa shape index (κ2) is 5.26. The zero-order valence-electron chi connectivity index (χ0n) is 11.1. The summed E-state index contributed by atoms with van der Waals surface area (Å²) in [6, 6.07) is 0. The van der Waals surface area contributed by atoms with Gasteiger partial charge in [-0.3, -0.25) is 14.5 Å². The van der Waals surface area contributed by atoms with E-state index in [-0.39, 0.29) is 11.8 Å². The topological polar surface area (TPSA) is 60.9 Å². The van der Waals surface area contributed by atoms with E-state index in [9.17, 15) is 9.59 Å². The van der Waals surface area contributed by atoms with Gasteiger partial charge < -0.3 is 10.0 Å². The minimum atomic E-state index is -0.751. The number of hydrogen-bond donors (Lipinski definition) is 1. The number of aliphatic carboxylic acids is 1. The number of carbonyl (C=O) groups is 2. The van der Waals surface area contributed by atoms with Gasteiger partial charge in [0, 0.05) is 26.2 Å². The van der Waals surface area contributed by atoms with Gasteiger partial charge in [-0.2, -0.15) is 0 Å². The molecule has 2 heterocycles. The van der Waals surface area contributed by atoms with E-state index in [2.05, 4.69) is 13.8 Å². The Morgan fingerprint density at radius 2 is 1.67 bits per heavy atom. The average Bonchev–Trinajstić information content (AvgIpc) is 2.20. The first kappa shape index (κ1) is 13.3. The van der Waals surface area contributed by atoms with Crippen molar-refractivity contribution in [3.05, 3.63) is 0 Å². The van der Waals surface area contributed by atoms with Crippen molar-refractivity contribution in [2.24, 2.45) is 17.8 Å². The first-order chi connectivity index (χ1) is 8.45. The van der Waals surface area contributed by atoms with Crippen molar-refractivity contribution in [1.29, 1.82) is 0 Å². The molecule has 2 rings (SSSR count). The molecule has 2 aliphatic heterocycles. The van der Waals surface area contributed by atoms with Crippen molar-refractivity contribution in [1.82, 2.24) is 9.80 Å². The third kappa shape index (κ3) is 3.02. The lowest BCUT2D eigenvalue weighted by Crippen LogP contribution is -2.55. The van der Waals surface area contributed by atoms with Gasteiger partial charge in [0.15, 0.2) is 0 Å². The maximum absolute atomic E-state index is 12.1. The number of carbonyl (C=O) groups excluding carboxylic acids is 1. The van der Waals surface area contributed by atoms with Gasteiger partial charge in [0.05, 0.1) is 12.5 Å². The summed E-state index contributed by atoms with van der Waals surface area (Å²) in [7, 11) is 0. The molecule has 1 N–H and O–H groups in total. The Morgan fingerprint density at radius 1 is 1.11 bits per heavy atom. The number of carboxylic acid groups (broad SMARTS) is 1. The highest BCUT2D eigenvalue weighted by molar-refractivity contribution is 5.79. The molecule has 0 saturated carbocycles. The van der Waals surface area contributed by atoms with E-state index in [4.69, 9.17) is 5.11 Å². The van der Waals surface area contributed by atoms with Gasteiger partial charge >= 0.3 is 5.97 Å². The molecule has 18 heavy (non-hydrogen) atoms. The third-order valence-electron chi connectivity index (χ3n) is 3.89.